The fourth-order valence-corrected chi connectivity index (χ4v) is 2.90. The molecule has 1 aromatic carbocycles. The van der Waals surface area contributed by atoms with Crippen molar-refractivity contribution in [2.24, 2.45) is 7.05 Å². The Labute approximate surface area is 165 Å². The van der Waals surface area contributed by atoms with Crippen LogP contribution in [0.1, 0.15) is 30.9 Å². The average Bonchev–Trinajstić information content (AvgIpc) is 3.16. The van der Waals surface area contributed by atoms with Crippen LogP contribution in [0.5, 0.6) is 5.75 Å². The summed E-state index contributed by atoms with van der Waals surface area (Å²) in [5, 5.41) is 7.19. The predicted molar refractivity (Wildman–Crippen MR) is 109 cm³/mol. The maximum absolute atomic E-state index is 12.3. The molecule has 0 fully saturated rings. The van der Waals surface area contributed by atoms with Crippen LogP contribution in [-0.4, -0.2) is 27.3 Å². The topological polar surface area (TPSA) is 69.0 Å². The van der Waals surface area contributed by atoms with E-state index in [9.17, 15) is 4.79 Å². The van der Waals surface area contributed by atoms with E-state index in [0.717, 1.165) is 41.2 Å². The summed E-state index contributed by atoms with van der Waals surface area (Å²) in [4.78, 5) is 16.7. The molecule has 2 aromatic heterocycles. The van der Waals surface area contributed by atoms with Gasteiger partial charge in [0.25, 0.3) is 0 Å². The lowest BCUT2D eigenvalue weighted by molar-refractivity contribution is -0.121. The molecule has 6 nitrogen and oxygen atoms in total. The Hall–Kier alpha value is -3.15. The number of rotatable bonds is 9. The van der Waals surface area contributed by atoms with E-state index < -0.39 is 0 Å². The molecule has 3 aromatic rings. The minimum Gasteiger partial charge on any atom is -0.494 e. The fourth-order valence-electron chi connectivity index (χ4n) is 2.90. The number of aromatic nitrogens is 3. The summed E-state index contributed by atoms with van der Waals surface area (Å²) in [6.45, 7) is 3.25. The Morgan fingerprint density at radius 1 is 1.21 bits per heavy atom. The minimum absolute atomic E-state index is 0.0206. The quantitative estimate of drug-likeness (QED) is 0.619. The third-order valence-electron chi connectivity index (χ3n) is 4.38. The molecule has 0 saturated heterocycles. The van der Waals surface area contributed by atoms with Crippen LogP contribution in [0.15, 0.2) is 55.0 Å². The lowest BCUT2D eigenvalue weighted by atomic mass is 10.1. The molecule has 0 aliphatic rings. The molecule has 0 unspecified atom stereocenters. The standard InChI is InChI=1S/C22H26N4O2/c1-3-13-28-20-9-6-17(7-10-20)8-11-21(27)24-14-18-5-4-12-23-22(18)19-15-25-26(2)16-19/h4-7,9-10,12,15-16H,3,8,11,13-14H2,1-2H3,(H,24,27). The molecule has 0 spiro atoms. The van der Waals surface area contributed by atoms with Gasteiger partial charge in [0.2, 0.25) is 5.91 Å². The normalized spacial score (nSPS) is 10.6. The summed E-state index contributed by atoms with van der Waals surface area (Å²) in [7, 11) is 1.87. The Bertz CT molecular complexity index is 903. The van der Waals surface area contributed by atoms with Gasteiger partial charge in [0.05, 0.1) is 18.5 Å². The number of pyridine rings is 1. The Morgan fingerprint density at radius 2 is 2.04 bits per heavy atom. The van der Waals surface area contributed by atoms with Crippen molar-refractivity contribution >= 4 is 5.91 Å². The van der Waals surface area contributed by atoms with Crippen molar-refractivity contribution in [2.75, 3.05) is 6.61 Å². The van der Waals surface area contributed by atoms with E-state index in [1.54, 1.807) is 17.1 Å². The van der Waals surface area contributed by atoms with E-state index in [-0.39, 0.29) is 5.91 Å². The highest BCUT2D eigenvalue weighted by Crippen LogP contribution is 2.20. The predicted octanol–water partition coefficient (Wildman–Crippen LogP) is 3.52. The smallest absolute Gasteiger partial charge is 0.220 e. The van der Waals surface area contributed by atoms with Crippen LogP contribution in [0, 0.1) is 0 Å². The monoisotopic (exact) mass is 378 g/mol. The molecule has 0 radical (unpaired) electrons. The van der Waals surface area contributed by atoms with Gasteiger partial charge in [-0.15, -0.1) is 0 Å². The van der Waals surface area contributed by atoms with Crippen molar-refractivity contribution in [3.63, 3.8) is 0 Å². The molecular weight excluding hydrogens is 352 g/mol. The highest BCUT2D eigenvalue weighted by atomic mass is 16.5. The zero-order valence-corrected chi connectivity index (χ0v) is 16.4. The van der Waals surface area contributed by atoms with Crippen LogP contribution in [0.3, 0.4) is 0 Å². The number of hydrogen-bond acceptors (Lipinski definition) is 4. The molecule has 0 aliphatic carbocycles. The molecule has 6 heteroatoms. The second kappa shape index (κ2) is 9.69. The second-order valence-corrected chi connectivity index (χ2v) is 6.68. The molecule has 0 bridgehead atoms. The van der Waals surface area contributed by atoms with Crippen LogP contribution >= 0.6 is 0 Å². The maximum Gasteiger partial charge on any atom is 0.220 e. The van der Waals surface area contributed by atoms with Crippen LogP contribution in [0.2, 0.25) is 0 Å². The van der Waals surface area contributed by atoms with E-state index in [1.807, 2.05) is 49.6 Å². The lowest BCUT2D eigenvalue weighted by Gasteiger charge is -2.09. The van der Waals surface area contributed by atoms with Gasteiger partial charge in [-0.25, -0.2) is 0 Å². The number of aryl methyl sites for hydroxylation is 2. The number of ether oxygens (including phenoxy) is 1. The summed E-state index contributed by atoms with van der Waals surface area (Å²) in [6.07, 6.45) is 7.58. The Kier molecular flexibility index (Phi) is 6.78. The average molecular weight is 378 g/mol. The zero-order valence-electron chi connectivity index (χ0n) is 16.4. The SMILES string of the molecule is CCCOc1ccc(CCC(=O)NCc2cccnc2-c2cnn(C)c2)cc1. The summed E-state index contributed by atoms with van der Waals surface area (Å²) in [5.41, 5.74) is 3.88. The van der Waals surface area contributed by atoms with Gasteiger partial charge in [-0.3, -0.25) is 14.5 Å². The third-order valence-corrected chi connectivity index (χ3v) is 4.38. The summed E-state index contributed by atoms with van der Waals surface area (Å²) < 4.78 is 7.32. The molecule has 28 heavy (non-hydrogen) atoms. The molecule has 1 amide bonds. The molecule has 0 atom stereocenters. The first-order valence-corrected chi connectivity index (χ1v) is 9.57. The van der Waals surface area contributed by atoms with Crippen LogP contribution in [0.25, 0.3) is 11.3 Å². The first kappa shape index (κ1) is 19.6. The van der Waals surface area contributed by atoms with Crippen molar-refractivity contribution in [1.82, 2.24) is 20.1 Å². The third kappa shape index (κ3) is 5.42. The number of nitrogens with one attached hydrogen (secondary N) is 1. The molecule has 1 N–H and O–H groups in total. The molecule has 0 saturated carbocycles. The van der Waals surface area contributed by atoms with E-state index in [1.165, 1.54) is 0 Å². The van der Waals surface area contributed by atoms with Crippen molar-refractivity contribution in [2.45, 2.75) is 32.7 Å². The van der Waals surface area contributed by atoms with E-state index >= 15 is 0 Å². The van der Waals surface area contributed by atoms with Crippen molar-refractivity contribution in [3.05, 3.63) is 66.1 Å². The summed E-state index contributed by atoms with van der Waals surface area (Å²) in [5.74, 6) is 0.891. The Balaban J connectivity index is 1.51. The Morgan fingerprint density at radius 3 is 2.75 bits per heavy atom. The maximum atomic E-state index is 12.3. The van der Waals surface area contributed by atoms with Crippen LogP contribution < -0.4 is 10.1 Å². The van der Waals surface area contributed by atoms with Gasteiger partial charge in [0.15, 0.2) is 0 Å². The number of amides is 1. The first-order chi connectivity index (χ1) is 13.7. The van der Waals surface area contributed by atoms with Gasteiger partial charge in [-0.05, 0) is 42.2 Å². The lowest BCUT2D eigenvalue weighted by Crippen LogP contribution is -2.23. The highest BCUT2D eigenvalue weighted by Gasteiger charge is 2.10. The van der Waals surface area contributed by atoms with Crippen LogP contribution in [0.4, 0.5) is 0 Å². The van der Waals surface area contributed by atoms with Gasteiger partial charge >= 0.3 is 0 Å². The van der Waals surface area contributed by atoms with E-state index in [0.29, 0.717) is 19.4 Å². The van der Waals surface area contributed by atoms with Gasteiger partial charge in [-0.2, -0.15) is 5.10 Å². The van der Waals surface area contributed by atoms with Crippen molar-refractivity contribution < 1.29 is 9.53 Å². The number of carbonyl (C=O) groups is 1. The van der Waals surface area contributed by atoms with Crippen molar-refractivity contribution in [1.29, 1.82) is 0 Å². The van der Waals surface area contributed by atoms with Crippen LogP contribution in [-0.2, 0) is 24.8 Å². The zero-order chi connectivity index (χ0) is 19.8. The molecule has 2 heterocycles. The number of nitrogens with zero attached hydrogens (tertiary/aromatic N) is 3. The van der Waals surface area contributed by atoms with Gasteiger partial charge in [0.1, 0.15) is 5.75 Å². The minimum atomic E-state index is 0.0206. The largest absolute Gasteiger partial charge is 0.494 e. The first-order valence-electron chi connectivity index (χ1n) is 9.57. The van der Waals surface area contributed by atoms with E-state index in [4.69, 9.17) is 4.74 Å². The summed E-state index contributed by atoms with van der Waals surface area (Å²) >= 11 is 0. The molecular formula is C22H26N4O2. The molecule has 0 aliphatic heterocycles. The van der Waals surface area contributed by atoms with Gasteiger partial charge in [-0.1, -0.05) is 25.1 Å². The molecule has 3 rings (SSSR count). The van der Waals surface area contributed by atoms with Gasteiger partial charge in [0, 0.05) is 38.0 Å². The number of hydrogen-bond donors (Lipinski definition) is 1. The highest BCUT2D eigenvalue weighted by molar-refractivity contribution is 5.76. The second-order valence-electron chi connectivity index (χ2n) is 6.68. The summed E-state index contributed by atoms with van der Waals surface area (Å²) in [6, 6.07) is 11.8. The number of benzene rings is 1. The number of carbonyl (C=O) groups excluding carboxylic acids is 1. The molecule has 146 valence electrons. The van der Waals surface area contributed by atoms with Crippen molar-refractivity contribution in [3.8, 4) is 17.0 Å². The fraction of sp³-hybridized carbons (Fsp3) is 0.318. The van der Waals surface area contributed by atoms with Gasteiger partial charge < -0.3 is 10.1 Å². The van der Waals surface area contributed by atoms with E-state index in [2.05, 4.69) is 22.3 Å².